The van der Waals surface area contributed by atoms with Crippen molar-refractivity contribution in [3.8, 4) is 5.75 Å². The number of carbonyl (C=O) groups excluding carboxylic acids is 3. The highest BCUT2D eigenvalue weighted by Crippen LogP contribution is 2.34. The van der Waals surface area contributed by atoms with E-state index in [0.717, 1.165) is 22.0 Å². The summed E-state index contributed by atoms with van der Waals surface area (Å²) >= 11 is 0. The van der Waals surface area contributed by atoms with Crippen molar-refractivity contribution in [1.29, 1.82) is 0 Å². The highest BCUT2D eigenvalue weighted by atomic mass is 16.5. The Morgan fingerprint density at radius 2 is 1.94 bits per heavy atom. The summed E-state index contributed by atoms with van der Waals surface area (Å²) in [7, 11) is 0. The van der Waals surface area contributed by atoms with Crippen molar-refractivity contribution in [2.75, 3.05) is 19.8 Å². The van der Waals surface area contributed by atoms with Crippen LogP contribution in [0.3, 0.4) is 0 Å². The molecule has 0 spiro atoms. The molecule has 2 aromatic rings. The molecule has 3 aliphatic rings. The molecule has 0 aliphatic carbocycles. The quantitative estimate of drug-likeness (QED) is 0.712. The molecular weight excluding hydrogens is 434 g/mol. The lowest BCUT2D eigenvalue weighted by molar-refractivity contribution is -0.143. The van der Waals surface area contributed by atoms with Gasteiger partial charge in [0.1, 0.15) is 25.0 Å². The van der Waals surface area contributed by atoms with E-state index in [1.54, 1.807) is 17.0 Å². The molecule has 1 N–H and O–H groups in total. The molecule has 2 saturated heterocycles. The normalized spacial score (nSPS) is 21.1. The summed E-state index contributed by atoms with van der Waals surface area (Å²) in [5.41, 5.74) is 3.73. The summed E-state index contributed by atoms with van der Waals surface area (Å²) in [6, 6.07) is 12.6. The molecule has 5 rings (SSSR count). The number of rotatable bonds is 6. The fourth-order valence-electron chi connectivity index (χ4n) is 4.55. The molecule has 1 unspecified atom stereocenters. The van der Waals surface area contributed by atoms with E-state index in [1.807, 2.05) is 30.3 Å². The van der Waals surface area contributed by atoms with Crippen molar-refractivity contribution >= 4 is 17.7 Å². The number of hydrogen-bond donors (Lipinski definition) is 1. The summed E-state index contributed by atoms with van der Waals surface area (Å²) in [5, 5.41) is 0.806. The number of fused-ring (bicyclic) bond motifs is 1. The number of amides is 3. The second kappa shape index (κ2) is 9.30. The molecule has 3 heterocycles. The van der Waals surface area contributed by atoms with Gasteiger partial charge < -0.3 is 24.6 Å². The molecule has 8 nitrogen and oxygen atoms in total. The molecular formula is C26H27N3O5. The third kappa shape index (κ3) is 4.41. The maximum absolute atomic E-state index is 13.1. The van der Waals surface area contributed by atoms with Gasteiger partial charge in [-0.3, -0.25) is 14.4 Å². The number of morpholine rings is 1. The molecule has 8 heteroatoms. The van der Waals surface area contributed by atoms with Crippen LogP contribution in [0.1, 0.15) is 39.9 Å². The third-order valence-corrected chi connectivity index (χ3v) is 6.46. The maximum Gasteiger partial charge on any atom is 0.255 e. The number of nitrogens with zero attached hydrogens (tertiary/aromatic N) is 2. The van der Waals surface area contributed by atoms with Crippen LogP contribution < -0.4 is 10.0 Å². The van der Waals surface area contributed by atoms with E-state index in [-0.39, 0.29) is 25.0 Å². The Bertz CT molecular complexity index is 1180. The predicted molar refractivity (Wildman–Crippen MR) is 124 cm³/mol. The van der Waals surface area contributed by atoms with Crippen LogP contribution in [0.5, 0.6) is 5.75 Å². The van der Waals surface area contributed by atoms with Crippen LogP contribution in [0.25, 0.3) is 0 Å². The summed E-state index contributed by atoms with van der Waals surface area (Å²) < 4.78 is 19.2. The molecule has 0 aromatic heterocycles. The number of carbonyl (C=O) groups is 3. The van der Waals surface area contributed by atoms with Crippen molar-refractivity contribution < 1.29 is 25.3 Å². The highest BCUT2D eigenvalue weighted by molar-refractivity contribution is 6.02. The van der Waals surface area contributed by atoms with Gasteiger partial charge in [-0.05, 0) is 36.1 Å². The van der Waals surface area contributed by atoms with Crippen LogP contribution in [0.15, 0.2) is 54.7 Å². The van der Waals surface area contributed by atoms with Gasteiger partial charge in [0, 0.05) is 29.9 Å². The van der Waals surface area contributed by atoms with Crippen LogP contribution in [-0.2, 0) is 34.0 Å². The van der Waals surface area contributed by atoms with E-state index in [0.29, 0.717) is 56.2 Å². The SMILES string of the molecule is [2H]N1C(=C)CCC(N2Cc3c(OCc4ccc(CN5CCOCC5=O)cc4)cccc3C2=O)C1=O. The van der Waals surface area contributed by atoms with Crippen LogP contribution in [0, 0.1) is 0 Å². The lowest BCUT2D eigenvalue weighted by Gasteiger charge is -2.31. The zero-order valence-electron chi connectivity index (χ0n) is 19.9. The van der Waals surface area contributed by atoms with Crippen LogP contribution >= 0.6 is 0 Å². The third-order valence-electron chi connectivity index (χ3n) is 6.46. The molecule has 1 atom stereocenters. The fourth-order valence-corrected chi connectivity index (χ4v) is 4.55. The average Bonchev–Trinajstić information content (AvgIpc) is 3.20. The minimum Gasteiger partial charge on any atom is -0.489 e. The van der Waals surface area contributed by atoms with Gasteiger partial charge in [0.15, 0.2) is 1.41 Å². The van der Waals surface area contributed by atoms with E-state index < -0.39 is 11.9 Å². The Kier molecular flexibility index (Phi) is 5.73. The Hall–Kier alpha value is -3.65. The molecule has 176 valence electrons. The van der Waals surface area contributed by atoms with E-state index in [9.17, 15) is 14.4 Å². The molecule has 2 aromatic carbocycles. The number of allylic oxidation sites excluding steroid dienone is 1. The zero-order valence-corrected chi connectivity index (χ0v) is 18.9. The maximum atomic E-state index is 13.1. The van der Waals surface area contributed by atoms with Crippen molar-refractivity contribution in [2.24, 2.45) is 0 Å². The van der Waals surface area contributed by atoms with Gasteiger partial charge in [-0.2, -0.15) is 0 Å². The fraction of sp³-hybridized carbons (Fsp3) is 0.346. The first kappa shape index (κ1) is 20.9. The number of hydrogen-bond acceptors (Lipinski definition) is 5. The summed E-state index contributed by atoms with van der Waals surface area (Å²) in [4.78, 5) is 40.9. The van der Waals surface area contributed by atoms with E-state index >= 15 is 0 Å². The molecule has 3 aliphatic heterocycles. The van der Waals surface area contributed by atoms with Gasteiger partial charge in [0.2, 0.25) is 11.8 Å². The van der Waals surface area contributed by atoms with Crippen molar-refractivity contribution in [1.82, 2.24) is 15.1 Å². The number of ether oxygens (including phenoxy) is 2. The van der Waals surface area contributed by atoms with Crippen LogP contribution in [0.2, 0.25) is 1.41 Å². The van der Waals surface area contributed by atoms with Crippen molar-refractivity contribution in [3.63, 3.8) is 0 Å². The van der Waals surface area contributed by atoms with Gasteiger partial charge in [-0.15, -0.1) is 0 Å². The molecule has 0 radical (unpaired) electrons. The summed E-state index contributed by atoms with van der Waals surface area (Å²) in [6.07, 6.45) is 0.963. The lowest BCUT2D eigenvalue weighted by Crippen LogP contribution is -2.49. The number of piperidine rings is 1. The number of nitrogens with one attached hydrogen (secondary N) is 1. The highest BCUT2D eigenvalue weighted by Gasteiger charge is 2.39. The first-order valence-corrected chi connectivity index (χ1v) is 11.4. The topological polar surface area (TPSA) is 88.2 Å². The average molecular weight is 463 g/mol. The van der Waals surface area contributed by atoms with Gasteiger partial charge in [-0.25, -0.2) is 0 Å². The second-order valence-electron chi connectivity index (χ2n) is 8.76. The monoisotopic (exact) mass is 462 g/mol. The first-order chi connectivity index (χ1) is 16.9. The predicted octanol–water partition coefficient (Wildman–Crippen LogP) is 2.37. The Balaban J connectivity index is 1.24. The molecule has 34 heavy (non-hydrogen) atoms. The Morgan fingerprint density at radius 3 is 2.74 bits per heavy atom. The molecule has 0 saturated carbocycles. The van der Waals surface area contributed by atoms with E-state index in [1.165, 1.54) is 4.90 Å². The van der Waals surface area contributed by atoms with Gasteiger partial charge in [-0.1, -0.05) is 36.9 Å². The van der Waals surface area contributed by atoms with Crippen molar-refractivity contribution in [3.05, 3.63) is 77.0 Å². The Labute approximate surface area is 199 Å². The van der Waals surface area contributed by atoms with Crippen molar-refractivity contribution in [2.45, 2.75) is 38.6 Å². The van der Waals surface area contributed by atoms with Crippen LogP contribution in [-0.4, -0.2) is 53.3 Å². The summed E-state index contributed by atoms with van der Waals surface area (Å²) in [5.74, 6) is -0.0346. The lowest BCUT2D eigenvalue weighted by atomic mass is 10.0. The minimum atomic E-state index is -0.670. The standard InChI is InChI=1S/C26H27N3O5/c1-17-5-10-22(25(31)27-17)29-14-21-20(26(29)32)3-2-4-23(21)34-15-19-8-6-18(7-9-19)13-28-11-12-33-16-24(28)30/h2-4,6-9,22H,1,5,10-16H2,(H,27,31)/i/hD. The van der Waals surface area contributed by atoms with Gasteiger partial charge >= 0.3 is 0 Å². The molecule has 3 amide bonds. The minimum absolute atomic E-state index is 0.000442. The van der Waals surface area contributed by atoms with E-state index in [2.05, 4.69) is 6.58 Å². The number of benzene rings is 2. The van der Waals surface area contributed by atoms with Gasteiger partial charge in [0.05, 0.1) is 13.2 Å². The van der Waals surface area contributed by atoms with Crippen LogP contribution in [0.4, 0.5) is 0 Å². The largest absolute Gasteiger partial charge is 0.489 e. The Morgan fingerprint density at radius 1 is 1.15 bits per heavy atom. The smallest absolute Gasteiger partial charge is 0.255 e. The molecule has 2 fully saturated rings. The molecule has 0 bridgehead atoms. The second-order valence-corrected chi connectivity index (χ2v) is 8.76. The van der Waals surface area contributed by atoms with E-state index in [4.69, 9.17) is 10.9 Å². The first-order valence-electron chi connectivity index (χ1n) is 11.9. The summed E-state index contributed by atoms with van der Waals surface area (Å²) in [6.45, 7) is 6.18. The zero-order chi connectivity index (χ0) is 24.5. The van der Waals surface area contributed by atoms with Gasteiger partial charge in [0.25, 0.3) is 5.91 Å².